The van der Waals surface area contributed by atoms with E-state index in [4.69, 9.17) is 14.2 Å². The van der Waals surface area contributed by atoms with E-state index in [1.54, 1.807) is 6.08 Å². The number of allylic oxidation sites excluding steroid dienone is 1. The highest BCUT2D eigenvalue weighted by atomic mass is 16.6. The molecule has 2 atom stereocenters. The van der Waals surface area contributed by atoms with Gasteiger partial charge in [0.15, 0.2) is 0 Å². The molecule has 2 fully saturated rings. The van der Waals surface area contributed by atoms with Crippen LogP contribution in [-0.2, 0) is 20.6 Å². The molecule has 2 aliphatic heterocycles. The Morgan fingerprint density at radius 2 is 1.90 bits per heavy atom. The fourth-order valence-electron chi connectivity index (χ4n) is 1.70. The number of benzene rings is 1. The predicted molar refractivity (Wildman–Crippen MR) is 77.0 cm³/mol. The zero-order valence-electron chi connectivity index (χ0n) is 11.9. The molecule has 2 saturated heterocycles. The van der Waals surface area contributed by atoms with Crippen molar-refractivity contribution in [1.82, 2.24) is 0 Å². The monoisotopic (exact) mass is 278 g/mol. The van der Waals surface area contributed by atoms with Crippen molar-refractivity contribution in [3.63, 3.8) is 0 Å². The molecule has 4 nitrogen and oxygen atoms in total. The molecule has 0 radical (unpaired) electrons. The van der Waals surface area contributed by atoms with Gasteiger partial charge in [-0.05, 0) is 24.5 Å². The maximum Gasteiger partial charge on any atom is 0.121 e. The van der Waals surface area contributed by atoms with Gasteiger partial charge in [0.25, 0.3) is 0 Å². The highest BCUT2D eigenvalue weighted by molar-refractivity contribution is 5.40. The summed E-state index contributed by atoms with van der Waals surface area (Å²) in [4.78, 5) is 0. The van der Waals surface area contributed by atoms with Crippen LogP contribution in [0.3, 0.4) is 0 Å². The first-order valence-corrected chi connectivity index (χ1v) is 6.90. The van der Waals surface area contributed by atoms with Crippen LogP contribution in [0.25, 0.3) is 0 Å². The van der Waals surface area contributed by atoms with E-state index in [2.05, 4.69) is 6.58 Å². The molecule has 0 bridgehead atoms. The molecule has 0 aliphatic carbocycles. The molecule has 0 spiro atoms. The molecule has 2 unspecified atom stereocenters. The van der Waals surface area contributed by atoms with E-state index in [0.29, 0.717) is 18.0 Å². The fraction of sp³-hybridized carbons (Fsp3) is 0.500. The molecular formula is C16H22O4. The van der Waals surface area contributed by atoms with Gasteiger partial charge in [-0.25, -0.2) is 0 Å². The Morgan fingerprint density at radius 3 is 2.40 bits per heavy atom. The normalized spacial score (nSPS) is 22.6. The second-order valence-electron chi connectivity index (χ2n) is 5.02. The molecule has 0 aromatic heterocycles. The fourth-order valence-corrected chi connectivity index (χ4v) is 1.70. The Bertz CT molecular complexity index is 424. The lowest BCUT2D eigenvalue weighted by molar-refractivity contribution is 0.102. The Kier molecular flexibility index (Phi) is 5.59. The van der Waals surface area contributed by atoms with Crippen LogP contribution in [0.2, 0.25) is 0 Å². The van der Waals surface area contributed by atoms with Gasteiger partial charge in [0.1, 0.15) is 18.0 Å². The first kappa shape index (κ1) is 15.0. The van der Waals surface area contributed by atoms with Gasteiger partial charge in [0, 0.05) is 0 Å². The van der Waals surface area contributed by atoms with Crippen molar-refractivity contribution in [1.29, 1.82) is 0 Å². The summed E-state index contributed by atoms with van der Waals surface area (Å²) in [7, 11) is 0. The molecule has 2 heterocycles. The van der Waals surface area contributed by atoms with Crippen LogP contribution in [0.4, 0.5) is 0 Å². The van der Waals surface area contributed by atoms with Crippen LogP contribution < -0.4 is 0 Å². The second-order valence-corrected chi connectivity index (χ2v) is 5.02. The lowest BCUT2D eigenvalue weighted by Gasteiger charge is -2.03. The highest BCUT2D eigenvalue weighted by Gasteiger charge is 2.26. The van der Waals surface area contributed by atoms with Crippen molar-refractivity contribution >= 4 is 0 Å². The molecule has 4 heteroatoms. The molecule has 0 saturated carbocycles. The number of aryl methyl sites for hydroxylation is 1. The van der Waals surface area contributed by atoms with Gasteiger partial charge < -0.3 is 19.3 Å². The molecular weight excluding hydrogens is 256 g/mol. The minimum Gasteiger partial charge on any atom is -0.507 e. The van der Waals surface area contributed by atoms with Crippen LogP contribution in [0.15, 0.2) is 30.9 Å². The lowest BCUT2D eigenvalue weighted by Crippen LogP contribution is -2.06. The van der Waals surface area contributed by atoms with Crippen LogP contribution >= 0.6 is 0 Å². The van der Waals surface area contributed by atoms with Gasteiger partial charge in [-0.15, -0.1) is 6.58 Å². The first-order valence-electron chi connectivity index (χ1n) is 6.90. The average molecular weight is 278 g/mol. The number of rotatable bonds is 6. The van der Waals surface area contributed by atoms with E-state index in [-0.39, 0.29) is 0 Å². The Labute approximate surface area is 120 Å². The van der Waals surface area contributed by atoms with Gasteiger partial charge in [-0.3, -0.25) is 0 Å². The van der Waals surface area contributed by atoms with Gasteiger partial charge in [-0.1, -0.05) is 24.3 Å². The molecule has 110 valence electrons. The Balaban J connectivity index is 0.000000149. The zero-order valence-corrected chi connectivity index (χ0v) is 11.9. The van der Waals surface area contributed by atoms with Crippen molar-refractivity contribution in [2.45, 2.75) is 25.6 Å². The Hall–Kier alpha value is -1.36. The number of phenols is 1. The lowest BCUT2D eigenvalue weighted by atomic mass is 10.1. The third-order valence-electron chi connectivity index (χ3n) is 3.10. The molecule has 2 aliphatic rings. The summed E-state index contributed by atoms with van der Waals surface area (Å²) in [5.41, 5.74) is 1.87. The smallest absolute Gasteiger partial charge is 0.121 e. The third kappa shape index (κ3) is 5.33. The molecule has 3 rings (SSSR count). The number of phenolic OH excluding ortho intramolecular Hbond substituents is 1. The number of ether oxygens (including phenoxy) is 3. The minimum absolute atomic E-state index is 0.392. The quantitative estimate of drug-likeness (QED) is 0.640. The van der Waals surface area contributed by atoms with Gasteiger partial charge in [-0.2, -0.15) is 0 Å². The van der Waals surface area contributed by atoms with E-state index in [1.165, 1.54) is 0 Å². The predicted octanol–water partition coefficient (Wildman–Crippen LogP) is 2.23. The maximum absolute atomic E-state index is 9.48. The van der Waals surface area contributed by atoms with Crippen LogP contribution in [-0.4, -0.2) is 43.7 Å². The van der Waals surface area contributed by atoms with E-state index in [9.17, 15) is 5.11 Å². The largest absolute Gasteiger partial charge is 0.507 e. The number of hydrogen-bond donors (Lipinski definition) is 1. The van der Waals surface area contributed by atoms with Gasteiger partial charge >= 0.3 is 0 Å². The molecule has 1 aromatic rings. The van der Waals surface area contributed by atoms with Gasteiger partial charge in [0.05, 0.1) is 26.4 Å². The van der Waals surface area contributed by atoms with Crippen LogP contribution in [0.5, 0.6) is 5.75 Å². The molecule has 20 heavy (non-hydrogen) atoms. The van der Waals surface area contributed by atoms with Crippen molar-refractivity contribution in [2.75, 3.05) is 26.4 Å². The summed E-state index contributed by atoms with van der Waals surface area (Å²) in [6.07, 6.45) is 3.30. The summed E-state index contributed by atoms with van der Waals surface area (Å²) in [5.74, 6) is 0.396. The van der Waals surface area contributed by atoms with Crippen molar-refractivity contribution in [3.8, 4) is 5.75 Å². The maximum atomic E-state index is 9.48. The number of para-hydroxylation sites is 1. The SMILES string of the molecule is C(OCC1CO1)C1CO1.C=CCc1cccc(C)c1O. The van der Waals surface area contributed by atoms with E-state index in [1.807, 2.05) is 25.1 Å². The van der Waals surface area contributed by atoms with E-state index < -0.39 is 0 Å². The number of hydrogen-bond acceptors (Lipinski definition) is 4. The summed E-state index contributed by atoms with van der Waals surface area (Å²) in [6, 6.07) is 5.74. The summed E-state index contributed by atoms with van der Waals surface area (Å²) >= 11 is 0. The zero-order chi connectivity index (χ0) is 14.4. The first-order chi connectivity index (χ1) is 9.70. The topological polar surface area (TPSA) is 54.5 Å². The van der Waals surface area contributed by atoms with E-state index >= 15 is 0 Å². The minimum atomic E-state index is 0.392. The van der Waals surface area contributed by atoms with E-state index in [0.717, 1.165) is 44.0 Å². The molecule has 1 aromatic carbocycles. The van der Waals surface area contributed by atoms with Crippen LogP contribution in [0.1, 0.15) is 11.1 Å². The molecule has 1 N–H and O–H groups in total. The summed E-state index contributed by atoms with van der Waals surface area (Å²) in [6.45, 7) is 8.77. The van der Waals surface area contributed by atoms with Crippen LogP contribution in [0, 0.1) is 6.92 Å². The third-order valence-corrected chi connectivity index (χ3v) is 3.10. The molecule has 0 amide bonds. The number of epoxide rings is 2. The average Bonchev–Trinajstić information content (AvgIpc) is 3.30. The summed E-state index contributed by atoms with van der Waals surface area (Å²) in [5, 5.41) is 9.48. The van der Waals surface area contributed by atoms with Crippen molar-refractivity contribution in [3.05, 3.63) is 42.0 Å². The summed E-state index contributed by atoms with van der Waals surface area (Å²) < 4.78 is 15.1. The second kappa shape index (κ2) is 7.43. The Morgan fingerprint density at radius 1 is 1.30 bits per heavy atom. The van der Waals surface area contributed by atoms with Crippen molar-refractivity contribution < 1.29 is 19.3 Å². The number of aromatic hydroxyl groups is 1. The van der Waals surface area contributed by atoms with Gasteiger partial charge in [0.2, 0.25) is 0 Å². The van der Waals surface area contributed by atoms with Crippen molar-refractivity contribution in [2.24, 2.45) is 0 Å². The highest BCUT2D eigenvalue weighted by Crippen LogP contribution is 2.21. The standard InChI is InChI=1S/C10H12O.C6H10O3/c1-3-5-9-7-4-6-8(2)10(9)11;1(5-3-8-5)7-2-6-4-9-6/h3-4,6-7,11H,1,5H2,2H3;5-6H,1-4H2.